The van der Waals surface area contributed by atoms with Crippen molar-refractivity contribution in [3.63, 3.8) is 0 Å². The quantitative estimate of drug-likeness (QED) is 0.461. The van der Waals surface area contributed by atoms with Crippen molar-refractivity contribution in [2.24, 2.45) is 0 Å². The summed E-state index contributed by atoms with van der Waals surface area (Å²) in [7, 11) is 0. The average Bonchev–Trinajstić information content (AvgIpc) is 2.78. The van der Waals surface area contributed by atoms with Crippen LogP contribution in [0.5, 0.6) is 11.6 Å². The van der Waals surface area contributed by atoms with Crippen molar-refractivity contribution in [3.8, 4) is 11.6 Å². The van der Waals surface area contributed by atoms with Crippen molar-refractivity contribution < 1.29 is 19.4 Å². The molecule has 33 heavy (non-hydrogen) atoms. The van der Waals surface area contributed by atoms with E-state index in [1.54, 1.807) is 16.7 Å². The van der Waals surface area contributed by atoms with E-state index in [4.69, 9.17) is 9.47 Å². The molecule has 1 aliphatic heterocycles. The maximum Gasteiger partial charge on any atom is 0.410 e. The van der Waals surface area contributed by atoms with E-state index in [0.717, 1.165) is 29.5 Å². The van der Waals surface area contributed by atoms with E-state index in [0.29, 0.717) is 25.9 Å². The fraction of sp³-hybridized carbons (Fsp3) is 0.545. The number of hydrogen-bond donors (Lipinski definition) is 3. The van der Waals surface area contributed by atoms with E-state index in [9.17, 15) is 9.90 Å². The van der Waals surface area contributed by atoms with Crippen LogP contribution in [-0.4, -0.2) is 74.9 Å². The number of pyridine rings is 1. The second-order valence-corrected chi connectivity index (χ2v) is 8.97. The summed E-state index contributed by atoms with van der Waals surface area (Å²) in [6.45, 7) is 7.42. The number of rotatable bonds is 9. The van der Waals surface area contributed by atoms with Crippen LogP contribution in [0, 0.1) is 6.92 Å². The van der Waals surface area contributed by atoms with Gasteiger partial charge in [0.15, 0.2) is 5.82 Å². The normalized spacial score (nSPS) is 14.3. The summed E-state index contributed by atoms with van der Waals surface area (Å²) in [5, 5.41) is 17.1. The van der Waals surface area contributed by atoms with Crippen LogP contribution in [-0.2, 0) is 4.74 Å². The molecule has 10 nitrogen and oxygen atoms in total. The lowest BCUT2D eigenvalue weighted by molar-refractivity contribution is 0.0500. The minimum Gasteiger partial charge on any atom is -0.501 e. The van der Waals surface area contributed by atoms with Gasteiger partial charge in [-0.1, -0.05) is 0 Å². The number of amides is 1. The molecule has 3 heterocycles. The maximum atomic E-state index is 12.0. The van der Waals surface area contributed by atoms with E-state index >= 15 is 0 Å². The van der Waals surface area contributed by atoms with Gasteiger partial charge >= 0.3 is 6.09 Å². The predicted molar refractivity (Wildman–Crippen MR) is 130 cm³/mol. The Balaban J connectivity index is 1.59. The zero-order valence-corrected chi connectivity index (χ0v) is 20.3. The van der Waals surface area contributed by atoms with Crippen molar-refractivity contribution in [2.75, 3.05) is 42.3 Å². The van der Waals surface area contributed by atoms with Crippen molar-refractivity contribution in [1.29, 1.82) is 0 Å². The van der Waals surface area contributed by atoms with E-state index in [2.05, 4.69) is 31.8 Å². The number of piperidine rings is 1. The third-order valence-electron chi connectivity index (χ3n) is 5.05. The summed E-state index contributed by atoms with van der Waals surface area (Å²) >= 11 is 1.77. The number of carbonyl (C=O) groups is 1. The minimum atomic E-state index is -0.311. The first-order chi connectivity index (χ1) is 15.9. The first-order valence-electron chi connectivity index (χ1n) is 11.0. The van der Waals surface area contributed by atoms with Gasteiger partial charge < -0.3 is 30.1 Å². The van der Waals surface area contributed by atoms with Crippen molar-refractivity contribution in [1.82, 2.24) is 19.9 Å². The molecule has 0 aromatic carbocycles. The summed E-state index contributed by atoms with van der Waals surface area (Å²) in [5.41, 5.74) is 1.49. The number of anilines is 3. The molecule has 1 amide bonds. The predicted octanol–water partition coefficient (Wildman–Crippen LogP) is 3.79. The van der Waals surface area contributed by atoms with Crippen LogP contribution >= 0.6 is 11.8 Å². The Bertz CT molecular complexity index is 937. The average molecular weight is 477 g/mol. The van der Waals surface area contributed by atoms with Crippen LogP contribution in [0.25, 0.3) is 0 Å². The Morgan fingerprint density at radius 3 is 2.73 bits per heavy atom. The summed E-state index contributed by atoms with van der Waals surface area (Å²) in [6, 6.07) is 3.77. The third kappa shape index (κ3) is 7.01. The fourth-order valence-electron chi connectivity index (χ4n) is 3.33. The molecule has 0 unspecified atom stereocenters. The smallest absolute Gasteiger partial charge is 0.410 e. The fourth-order valence-corrected chi connectivity index (χ4v) is 3.64. The molecular formula is C22H32N6O4S. The molecule has 3 N–H and O–H groups in total. The monoisotopic (exact) mass is 476 g/mol. The van der Waals surface area contributed by atoms with Gasteiger partial charge in [-0.3, -0.25) is 0 Å². The second kappa shape index (κ2) is 11.8. The molecule has 2 aromatic rings. The lowest BCUT2D eigenvalue weighted by Crippen LogP contribution is -2.42. The lowest BCUT2D eigenvalue weighted by Gasteiger charge is -2.31. The van der Waals surface area contributed by atoms with Gasteiger partial charge in [-0.2, -0.15) is 16.7 Å². The number of nitrogens with one attached hydrogen (secondary N) is 2. The number of carbonyl (C=O) groups excluding carboxylic acids is 1. The molecule has 0 aliphatic carbocycles. The van der Waals surface area contributed by atoms with Gasteiger partial charge in [0, 0.05) is 38.2 Å². The van der Waals surface area contributed by atoms with Gasteiger partial charge in [-0.05, 0) is 39.2 Å². The molecule has 0 radical (unpaired) electrons. The van der Waals surface area contributed by atoms with Crippen LogP contribution in [0.1, 0.15) is 32.4 Å². The van der Waals surface area contributed by atoms with Crippen LogP contribution in [0.4, 0.5) is 22.1 Å². The number of likely N-dealkylation sites (tertiary alicyclic amines) is 1. The topological polar surface area (TPSA) is 122 Å². The zero-order chi connectivity index (χ0) is 23.8. The summed E-state index contributed by atoms with van der Waals surface area (Å²) < 4.78 is 11.2. The molecule has 0 atom stereocenters. The van der Waals surface area contributed by atoms with E-state index in [1.165, 1.54) is 6.33 Å². The van der Waals surface area contributed by atoms with Crippen LogP contribution in [0.3, 0.4) is 0 Å². The molecule has 1 aliphatic rings. The zero-order valence-electron chi connectivity index (χ0n) is 19.5. The molecule has 3 rings (SSSR count). The number of aromatic nitrogens is 3. The highest BCUT2D eigenvalue weighted by Crippen LogP contribution is 2.34. The van der Waals surface area contributed by atoms with Gasteiger partial charge in [-0.25, -0.2) is 14.8 Å². The number of nitrogens with zero attached hydrogens (tertiary/aromatic N) is 4. The van der Waals surface area contributed by atoms with Crippen LogP contribution in [0.15, 0.2) is 18.5 Å². The lowest BCUT2D eigenvalue weighted by atomic mass is 10.1. The largest absolute Gasteiger partial charge is 0.501 e. The number of hydrogen-bond acceptors (Lipinski definition) is 10. The summed E-state index contributed by atoms with van der Waals surface area (Å²) in [5.74, 6) is 1.98. The van der Waals surface area contributed by atoms with Crippen LogP contribution in [0.2, 0.25) is 0 Å². The van der Waals surface area contributed by atoms with Gasteiger partial charge in [0.25, 0.3) is 5.88 Å². The van der Waals surface area contributed by atoms with E-state index in [-0.39, 0.29) is 35.7 Å². The molecule has 1 fully saturated rings. The number of aryl methyl sites for hydroxylation is 1. The molecule has 180 valence electrons. The summed E-state index contributed by atoms with van der Waals surface area (Å²) in [4.78, 5) is 26.5. The molecule has 11 heteroatoms. The van der Waals surface area contributed by atoms with Gasteiger partial charge in [-0.15, -0.1) is 0 Å². The third-order valence-corrected chi connectivity index (χ3v) is 5.67. The number of thioether (sulfide) groups is 1. The minimum absolute atomic E-state index is 0.108. The first kappa shape index (κ1) is 24.7. The van der Waals surface area contributed by atoms with Gasteiger partial charge in [0.1, 0.15) is 18.2 Å². The molecule has 2 aromatic heterocycles. The molecule has 0 spiro atoms. The van der Waals surface area contributed by atoms with Crippen LogP contribution < -0.4 is 15.4 Å². The Morgan fingerprint density at radius 1 is 1.30 bits per heavy atom. The second-order valence-electron chi connectivity index (χ2n) is 7.99. The molecule has 0 saturated carbocycles. The Morgan fingerprint density at radius 2 is 2.06 bits per heavy atom. The van der Waals surface area contributed by atoms with Crippen molar-refractivity contribution in [2.45, 2.75) is 45.8 Å². The SMILES string of the molecule is CSCCNc1ccc(Nc2ncnc(OC3CCN(C(=O)OC(C)C)CC3)c2O)c(C)n1. The number of aromatic hydroxyl groups is 1. The molecule has 0 bridgehead atoms. The maximum absolute atomic E-state index is 12.0. The Hall–Kier alpha value is -2.95. The summed E-state index contributed by atoms with van der Waals surface area (Å²) in [6.07, 6.45) is 4.01. The molecule has 1 saturated heterocycles. The Labute approximate surface area is 198 Å². The highest BCUT2D eigenvalue weighted by atomic mass is 32.2. The van der Waals surface area contributed by atoms with Crippen molar-refractivity contribution in [3.05, 3.63) is 24.2 Å². The van der Waals surface area contributed by atoms with E-state index in [1.807, 2.05) is 32.9 Å². The van der Waals surface area contributed by atoms with E-state index < -0.39 is 0 Å². The molecular weight excluding hydrogens is 444 g/mol. The van der Waals surface area contributed by atoms with Gasteiger partial charge in [0.05, 0.1) is 17.5 Å². The number of ether oxygens (including phenoxy) is 2. The standard InChI is InChI=1S/C22H32N6O4S/c1-14(2)31-22(30)28-10-7-16(8-11-28)32-21-19(29)20(24-13-25-21)27-17-5-6-18(26-15(17)3)23-9-12-33-4/h5-6,13-14,16,29H,7-12H2,1-4H3,(H,23,26)(H,24,25,27). The highest BCUT2D eigenvalue weighted by molar-refractivity contribution is 7.98. The Kier molecular flexibility index (Phi) is 8.81. The first-order valence-corrected chi connectivity index (χ1v) is 12.4. The van der Waals surface area contributed by atoms with Crippen molar-refractivity contribution >= 4 is 35.2 Å². The highest BCUT2D eigenvalue weighted by Gasteiger charge is 2.27. The van der Waals surface area contributed by atoms with Gasteiger partial charge in [0.2, 0.25) is 5.75 Å².